The summed E-state index contributed by atoms with van der Waals surface area (Å²) in [4.78, 5) is 28.0. The van der Waals surface area contributed by atoms with Gasteiger partial charge in [-0.15, -0.1) is 0 Å². The summed E-state index contributed by atoms with van der Waals surface area (Å²) in [7, 11) is -3.44. The summed E-state index contributed by atoms with van der Waals surface area (Å²) >= 11 is 0. The minimum Gasteiger partial charge on any atom is -0.377 e. The van der Waals surface area contributed by atoms with Crippen molar-refractivity contribution in [1.29, 1.82) is 0 Å². The molecule has 11 heteroatoms. The Hall–Kier alpha value is -3.57. The van der Waals surface area contributed by atoms with Crippen LogP contribution < -0.4 is 15.5 Å². The van der Waals surface area contributed by atoms with Crippen LogP contribution in [-0.2, 0) is 14.6 Å². The van der Waals surface area contributed by atoms with Gasteiger partial charge in [0, 0.05) is 54.1 Å². The predicted molar refractivity (Wildman–Crippen MR) is 137 cm³/mol. The van der Waals surface area contributed by atoms with E-state index < -0.39 is 9.84 Å². The van der Waals surface area contributed by atoms with Crippen LogP contribution in [0.2, 0.25) is 0 Å². The molecule has 5 rings (SSSR count). The standard InChI is InChI=1S/C25H28N6O4S/c1-16-15-35-10-9-31(16)23-12-22(17-3-5-19(6-4-17)27-25(32)28-20-7-8-20)29-24(30-23)18-11-21(14-26-13-18)36(2,33)34/h3-6,11-14,16,20H,7-10,15H2,1-2H3,(H2,27,28,32). The summed E-state index contributed by atoms with van der Waals surface area (Å²) < 4.78 is 29.8. The fraction of sp³-hybridized carbons (Fsp3) is 0.360. The van der Waals surface area contributed by atoms with Crippen molar-refractivity contribution in [2.24, 2.45) is 0 Å². The van der Waals surface area contributed by atoms with E-state index in [4.69, 9.17) is 14.7 Å². The van der Waals surface area contributed by atoms with E-state index in [1.165, 1.54) is 6.20 Å². The number of rotatable bonds is 6. The van der Waals surface area contributed by atoms with E-state index in [0.29, 0.717) is 42.5 Å². The van der Waals surface area contributed by atoms with E-state index in [0.717, 1.165) is 30.5 Å². The first-order valence-electron chi connectivity index (χ1n) is 11.8. The SMILES string of the molecule is CC1COCCN1c1cc(-c2ccc(NC(=O)NC3CC3)cc2)nc(-c2cncc(S(C)(=O)=O)c2)n1. The largest absolute Gasteiger partial charge is 0.377 e. The van der Waals surface area contributed by atoms with Crippen molar-refractivity contribution >= 4 is 27.4 Å². The Bertz CT molecular complexity index is 1380. The Morgan fingerprint density at radius 2 is 1.86 bits per heavy atom. The number of urea groups is 1. The summed E-state index contributed by atoms with van der Waals surface area (Å²) in [6.07, 6.45) is 6.07. The maximum Gasteiger partial charge on any atom is 0.319 e. The van der Waals surface area contributed by atoms with Crippen LogP contribution in [0.5, 0.6) is 0 Å². The molecular formula is C25H28N6O4S. The number of morpholine rings is 1. The molecular weight excluding hydrogens is 480 g/mol. The molecule has 1 unspecified atom stereocenters. The molecule has 2 N–H and O–H groups in total. The molecule has 3 heterocycles. The number of benzene rings is 1. The number of sulfone groups is 1. The van der Waals surface area contributed by atoms with Crippen molar-refractivity contribution in [3.8, 4) is 22.6 Å². The number of hydrogen-bond acceptors (Lipinski definition) is 8. The number of carbonyl (C=O) groups excluding carboxylic acids is 1. The summed E-state index contributed by atoms with van der Waals surface area (Å²) in [6.45, 7) is 3.92. The van der Waals surface area contributed by atoms with E-state index in [1.54, 1.807) is 12.3 Å². The van der Waals surface area contributed by atoms with Crippen LogP contribution >= 0.6 is 0 Å². The second-order valence-corrected chi connectivity index (χ2v) is 11.2. The maximum absolute atomic E-state index is 12.1. The molecule has 1 aliphatic carbocycles. The van der Waals surface area contributed by atoms with E-state index in [1.807, 2.05) is 30.3 Å². The lowest BCUT2D eigenvalue weighted by atomic mass is 10.1. The molecule has 1 aromatic carbocycles. The summed E-state index contributed by atoms with van der Waals surface area (Å²) in [5.41, 5.74) is 2.70. The number of nitrogens with one attached hydrogen (secondary N) is 2. The first-order valence-corrected chi connectivity index (χ1v) is 13.7. The van der Waals surface area contributed by atoms with Crippen molar-refractivity contribution in [3.05, 3.63) is 48.8 Å². The maximum atomic E-state index is 12.1. The average molecular weight is 509 g/mol. The van der Waals surface area contributed by atoms with Crippen molar-refractivity contribution in [1.82, 2.24) is 20.3 Å². The number of anilines is 2. The van der Waals surface area contributed by atoms with Crippen LogP contribution in [-0.4, -0.2) is 67.5 Å². The topological polar surface area (TPSA) is 126 Å². The number of nitrogens with zero attached hydrogens (tertiary/aromatic N) is 4. The quantitative estimate of drug-likeness (QED) is 0.520. The third-order valence-electron chi connectivity index (χ3n) is 6.13. The normalized spacial score (nSPS) is 18.1. The number of hydrogen-bond donors (Lipinski definition) is 2. The predicted octanol–water partition coefficient (Wildman–Crippen LogP) is 3.12. The molecule has 2 aliphatic rings. The van der Waals surface area contributed by atoms with Gasteiger partial charge in [-0.1, -0.05) is 12.1 Å². The Labute approximate surface area is 210 Å². The van der Waals surface area contributed by atoms with Gasteiger partial charge in [-0.25, -0.2) is 23.2 Å². The van der Waals surface area contributed by atoms with E-state index in [9.17, 15) is 13.2 Å². The van der Waals surface area contributed by atoms with Crippen molar-refractivity contribution in [2.45, 2.75) is 36.7 Å². The van der Waals surface area contributed by atoms with Gasteiger partial charge >= 0.3 is 6.03 Å². The minimum atomic E-state index is -3.44. The summed E-state index contributed by atoms with van der Waals surface area (Å²) in [5.74, 6) is 1.10. The number of ether oxygens (including phenoxy) is 1. The van der Waals surface area contributed by atoms with Crippen molar-refractivity contribution in [2.75, 3.05) is 36.2 Å². The molecule has 1 atom stereocenters. The molecule has 0 bridgehead atoms. The highest BCUT2D eigenvalue weighted by atomic mass is 32.2. The van der Waals surface area contributed by atoms with Gasteiger partial charge in [-0.3, -0.25) is 4.98 Å². The fourth-order valence-corrected chi connectivity index (χ4v) is 4.57. The molecule has 1 saturated heterocycles. The molecule has 188 valence electrons. The zero-order valence-corrected chi connectivity index (χ0v) is 21.0. The van der Waals surface area contributed by atoms with Crippen LogP contribution in [0.4, 0.5) is 16.3 Å². The highest BCUT2D eigenvalue weighted by molar-refractivity contribution is 7.90. The lowest BCUT2D eigenvalue weighted by Crippen LogP contribution is -2.44. The first kappa shape index (κ1) is 24.1. The third kappa shape index (κ3) is 5.63. The lowest BCUT2D eigenvalue weighted by molar-refractivity contribution is 0.0985. The number of amides is 2. The van der Waals surface area contributed by atoms with Gasteiger partial charge in [-0.2, -0.15) is 0 Å². The number of carbonyl (C=O) groups is 1. The van der Waals surface area contributed by atoms with Crippen LogP contribution in [0.1, 0.15) is 19.8 Å². The van der Waals surface area contributed by atoms with Gasteiger partial charge in [-0.05, 0) is 38.0 Å². The molecule has 3 aromatic rings. The molecule has 0 spiro atoms. The highest BCUT2D eigenvalue weighted by Crippen LogP contribution is 2.29. The molecule has 2 fully saturated rings. The third-order valence-corrected chi connectivity index (χ3v) is 7.20. The second-order valence-electron chi connectivity index (χ2n) is 9.18. The average Bonchev–Trinajstić information content (AvgIpc) is 3.68. The lowest BCUT2D eigenvalue weighted by Gasteiger charge is -2.34. The van der Waals surface area contributed by atoms with Crippen LogP contribution in [0, 0.1) is 0 Å². The molecule has 1 saturated carbocycles. The Morgan fingerprint density at radius 1 is 1.08 bits per heavy atom. The van der Waals surface area contributed by atoms with Gasteiger partial charge < -0.3 is 20.3 Å². The van der Waals surface area contributed by atoms with E-state index in [2.05, 4.69) is 27.4 Å². The first-order chi connectivity index (χ1) is 17.3. The second kappa shape index (κ2) is 9.82. The zero-order valence-electron chi connectivity index (χ0n) is 20.1. The van der Waals surface area contributed by atoms with E-state index >= 15 is 0 Å². The fourth-order valence-electron chi connectivity index (χ4n) is 3.97. The van der Waals surface area contributed by atoms with Crippen LogP contribution in [0.3, 0.4) is 0 Å². The smallest absolute Gasteiger partial charge is 0.319 e. The highest BCUT2D eigenvalue weighted by Gasteiger charge is 2.24. The molecule has 36 heavy (non-hydrogen) atoms. The van der Waals surface area contributed by atoms with Crippen molar-refractivity contribution < 1.29 is 17.9 Å². The van der Waals surface area contributed by atoms with Crippen molar-refractivity contribution in [3.63, 3.8) is 0 Å². The van der Waals surface area contributed by atoms with Gasteiger partial charge in [0.2, 0.25) is 0 Å². The summed E-state index contributed by atoms with van der Waals surface area (Å²) in [6, 6.07) is 11.1. The Balaban J connectivity index is 1.50. The Morgan fingerprint density at radius 3 is 2.56 bits per heavy atom. The summed E-state index contributed by atoms with van der Waals surface area (Å²) in [5, 5.41) is 5.75. The van der Waals surface area contributed by atoms with Gasteiger partial charge in [0.25, 0.3) is 0 Å². The molecule has 0 radical (unpaired) electrons. The molecule has 2 amide bonds. The van der Waals surface area contributed by atoms with Crippen LogP contribution in [0.15, 0.2) is 53.7 Å². The van der Waals surface area contributed by atoms with Crippen LogP contribution in [0.25, 0.3) is 22.6 Å². The van der Waals surface area contributed by atoms with Gasteiger partial charge in [0.1, 0.15) is 5.82 Å². The van der Waals surface area contributed by atoms with E-state index in [-0.39, 0.29) is 23.0 Å². The molecule has 10 nitrogen and oxygen atoms in total. The Kier molecular flexibility index (Phi) is 6.59. The van der Waals surface area contributed by atoms with Gasteiger partial charge in [0.05, 0.1) is 29.8 Å². The molecule has 2 aromatic heterocycles. The minimum absolute atomic E-state index is 0.107. The number of aromatic nitrogens is 3. The van der Waals surface area contributed by atoms with Gasteiger partial charge in [0.15, 0.2) is 15.7 Å². The zero-order chi connectivity index (χ0) is 25.3. The monoisotopic (exact) mass is 508 g/mol. The number of pyridine rings is 1. The molecule has 1 aliphatic heterocycles.